The van der Waals surface area contributed by atoms with E-state index in [-0.39, 0.29) is 11.7 Å². The van der Waals surface area contributed by atoms with Crippen LogP contribution in [0.2, 0.25) is 10.0 Å². The summed E-state index contributed by atoms with van der Waals surface area (Å²) in [6, 6.07) is 8.83. The molecule has 1 aliphatic carbocycles. The molecule has 5 nitrogen and oxygen atoms in total. The Labute approximate surface area is 148 Å². The maximum Gasteiger partial charge on any atom is 0.169 e. The van der Waals surface area contributed by atoms with Crippen molar-refractivity contribution in [2.45, 2.75) is 18.8 Å². The van der Waals surface area contributed by atoms with Gasteiger partial charge in [0, 0.05) is 40.2 Å². The zero-order chi connectivity index (χ0) is 16.7. The number of benzene rings is 1. The van der Waals surface area contributed by atoms with Crippen molar-refractivity contribution < 1.29 is 9.21 Å². The summed E-state index contributed by atoms with van der Waals surface area (Å²) in [5.74, 6) is 1.38. The Balaban J connectivity index is 1.63. The van der Waals surface area contributed by atoms with Gasteiger partial charge in [-0.25, -0.2) is 0 Å². The lowest BCUT2D eigenvalue weighted by atomic mass is 9.85. The first-order chi connectivity index (χ1) is 11.6. The summed E-state index contributed by atoms with van der Waals surface area (Å²) in [4.78, 5) is 12.6. The van der Waals surface area contributed by atoms with Gasteiger partial charge in [0.15, 0.2) is 11.6 Å². The minimum absolute atomic E-state index is 0.0297. The molecular weight excluding hydrogens is 349 g/mol. The van der Waals surface area contributed by atoms with Crippen molar-refractivity contribution in [1.29, 1.82) is 0 Å². The number of fused-ring (bicyclic) bond motifs is 1. The molecule has 0 amide bonds. The minimum atomic E-state index is 0.0297. The minimum Gasteiger partial charge on any atom is -0.469 e. The van der Waals surface area contributed by atoms with E-state index in [0.29, 0.717) is 40.0 Å². The highest BCUT2D eigenvalue weighted by Gasteiger charge is 2.32. The van der Waals surface area contributed by atoms with Crippen LogP contribution < -0.4 is 5.32 Å². The molecule has 0 radical (unpaired) electrons. The lowest BCUT2D eigenvalue weighted by molar-refractivity contribution is 0.0961. The van der Waals surface area contributed by atoms with Crippen molar-refractivity contribution in [3.8, 4) is 0 Å². The summed E-state index contributed by atoms with van der Waals surface area (Å²) in [7, 11) is 0. The smallest absolute Gasteiger partial charge is 0.169 e. The highest BCUT2D eigenvalue weighted by molar-refractivity contribution is 6.35. The van der Waals surface area contributed by atoms with Gasteiger partial charge in [0.1, 0.15) is 5.76 Å². The van der Waals surface area contributed by atoms with E-state index in [1.807, 2.05) is 12.1 Å². The van der Waals surface area contributed by atoms with E-state index in [0.717, 1.165) is 11.5 Å². The SMILES string of the molecule is O=C1CC(c2ccco2)Cc2[nH]nc(Nc3cc(Cl)cc(Cl)c3)c21. The maximum absolute atomic E-state index is 12.6. The van der Waals surface area contributed by atoms with Crippen LogP contribution in [0.3, 0.4) is 0 Å². The number of hydrogen-bond donors (Lipinski definition) is 2. The number of aromatic nitrogens is 2. The van der Waals surface area contributed by atoms with E-state index in [2.05, 4.69) is 15.5 Å². The molecule has 1 aromatic carbocycles. The van der Waals surface area contributed by atoms with Gasteiger partial charge < -0.3 is 9.73 Å². The second kappa shape index (κ2) is 6.00. The second-order valence-corrected chi connectivity index (χ2v) is 6.63. The van der Waals surface area contributed by atoms with Crippen LogP contribution >= 0.6 is 23.2 Å². The number of furan rings is 1. The van der Waals surface area contributed by atoms with E-state index in [9.17, 15) is 4.79 Å². The van der Waals surface area contributed by atoms with Crippen LogP contribution in [0, 0.1) is 0 Å². The fourth-order valence-electron chi connectivity index (χ4n) is 3.05. The molecular formula is C17H13Cl2N3O2. The number of nitrogens with one attached hydrogen (secondary N) is 2. The molecule has 3 aromatic rings. The van der Waals surface area contributed by atoms with E-state index < -0.39 is 0 Å². The van der Waals surface area contributed by atoms with Crippen LogP contribution in [-0.4, -0.2) is 16.0 Å². The second-order valence-electron chi connectivity index (χ2n) is 5.75. The molecule has 1 aliphatic rings. The average Bonchev–Trinajstić information content (AvgIpc) is 3.16. The molecule has 2 heterocycles. The number of hydrogen-bond acceptors (Lipinski definition) is 4. The molecule has 2 N–H and O–H groups in total. The van der Waals surface area contributed by atoms with Gasteiger partial charge in [-0.3, -0.25) is 9.89 Å². The van der Waals surface area contributed by atoms with E-state index in [4.69, 9.17) is 27.6 Å². The van der Waals surface area contributed by atoms with Crippen molar-refractivity contribution >= 4 is 40.5 Å². The van der Waals surface area contributed by atoms with Crippen molar-refractivity contribution in [1.82, 2.24) is 10.2 Å². The normalized spacial score (nSPS) is 16.9. The zero-order valence-electron chi connectivity index (χ0n) is 12.5. The van der Waals surface area contributed by atoms with E-state index in [1.54, 1.807) is 24.5 Å². The third kappa shape index (κ3) is 2.81. The fraction of sp³-hybridized carbons (Fsp3) is 0.176. The van der Waals surface area contributed by atoms with Crippen molar-refractivity contribution in [2.24, 2.45) is 0 Å². The van der Waals surface area contributed by atoms with Crippen LogP contribution in [-0.2, 0) is 6.42 Å². The molecule has 0 saturated carbocycles. The number of nitrogens with zero attached hydrogens (tertiary/aromatic N) is 1. The molecule has 4 rings (SSSR count). The summed E-state index contributed by atoms with van der Waals surface area (Å²) in [6.45, 7) is 0. The molecule has 1 unspecified atom stereocenters. The number of halogens is 2. The van der Waals surface area contributed by atoms with Crippen molar-refractivity contribution in [2.75, 3.05) is 5.32 Å². The quantitative estimate of drug-likeness (QED) is 0.690. The van der Waals surface area contributed by atoms with Crippen LogP contribution in [0.15, 0.2) is 41.0 Å². The summed E-state index contributed by atoms with van der Waals surface area (Å²) in [6.07, 6.45) is 2.70. The number of anilines is 2. The van der Waals surface area contributed by atoms with Gasteiger partial charge in [-0.2, -0.15) is 5.10 Å². The molecule has 0 saturated heterocycles. The zero-order valence-corrected chi connectivity index (χ0v) is 14.0. The lowest BCUT2D eigenvalue weighted by Crippen LogP contribution is -2.18. The fourth-order valence-corrected chi connectivity index (χ4v) is 3.57. The Bertz CT molecular complexity index is 882. The van der Waals surface area contributed by atoms with Crippen LogP contribution in [0.1, 0.15) is 34.2 Å². The van der Waals surface area contributed by atoms with Crippen LogP contribution in [0.4, 0.5) is 11.5 Å². The van der Waals surface area contributed by atoms with Gasteiger partial charge in [-0.1, -0.05) is 23.2 Å². The van der Waals surface area contributed by atoms with Gasteiger partial charge in [-0.05, 0) is 30.3 Å². The number of H-pyrrole nitrogens is 1. The van der Waals surface area contributed by atoms with E-state index in [1.165, 1.54) is 0 Å². The van der Waals surface area contributed by atoms with E-state index >= 15 is 0 Å². The van der Waals surface area contributed by atoms with Crippen molar-refractivity contribution in [3.05, 3.63) is 63.7 Å². The first kappa shape index (κ1) is 15.3. The predicted molar refractivity (Wildman–Crippen MR) is 92.4 cm³/mol. The molecule has 0 aliphatic heterocycles. The molecule has 0 fully saturated rings. The van der Waals surface area contributed by atoms with Gasteiger partial charge in [0.25, 0.3) is 0 Å². The standard InChI is InChI=1S/C17H13Cl2N3O2/c18-10-6-11(19)8-12(7-10)20-17-16-13(21-22-17)4-9(5-14(16)23)15-2-1-3-24-15/h1-3,6-9H,4-5H2,(H2,20,21,22). The molecule has 0 spiro atoms. The Morgan fingerprint density at radius 1 is 1.21 bits per heavy atom. The number of carbonyl (C=O) groups is 1. The topological polar surface area (TPSA) is 70.9 Å². The highest BCUT2D eigenvalue weighted by atomic mass is 35.5. The summed E-state index contributed by atoms with van der Waals surface area (Å²) in [5, 5.41) is 11.3. The third-order valence-electron chi connectivity index (χ3n) is 4.07. The monoisotopic (exact) mass is 361 g/mol. The first-order valence-electron chi connectivity index (χ1n) is 7.47. The Hall–Kier alpha value is -2.24. The first-order valence-corrected chi connectivity index (χ1v) is 8.22. The van der Waals surface area contributed by atoms with Crippen LogP contribution in [0.5, 0.6) is 0 Å². The number of aromatic amines is 1. The molecule has 1 atom stereocenters. The summed E-state index contributed by atoms with van der Waals surface area (Å²) in [5.41, 5.74) is 2.08. The molecule has 7 heteroatoms. The van der Waals surface area contributed by atoms with Gasteiger partial charge >= 0.3 is 0 Å². The van der Waals surface area contributed by atoms with Gasteiger partial charge in [0.05, 0.1) is 11.8 Å². The predicted octanol–water partition coefficient (Wildman–Crippen LogP) is 4.97. The largest absolute Gasteiger partial charge is 0.469 e. The molecule has 2 aromatic heterocycles. The summed E-state index contributed by atoms with van der Waals surface area (Å²) >= 11 is 12.0. The number of carbonyl (C=O) groups excluding carboxylic acids is 1. The maximum atomic E-state index is 12.6. The van der Waals surface area contributed by atoms with Crippen LogP contribution in [0.25, 0.3) is 0 Å². The average molecular weight is 362 g/mol. The number of Topliss-reactive ketones (excluding diaryl/α,β-unsaturated/α-hetero) is 1. The van der Waals surface area contributed by atoms with Gasteiger partial charge in [-0.15, -0.1) is 0 Å². The number of ketones is 1. The molecule has 24 heavy (non-hydrogen) atoms. The summed E-state index contributed by atoms with van der Waals surface area (Å²) < 4.78 is 5.43. The van der Waals surface area contributed by atoms with Crippen molar-refractivity contribution in [3.63, 3.8) is 0 Å². The highest BCUT2D eigenvalue weighted by Crippen LogP contribution is 2.36. The van der Waals surface area contributed by atoms with Gasteiger partial charge in [0.2, 0.25) is 0 Å². The number of rotatable bonds is 3. The molecule has 122 valence electrons. The Morgan fingerprint density at radius 2 is 2.00 bits per heavy atom. The Morgan fingerprint density at radius 3 is 2.71 bits per heavy atom. The third-order valence-corrected chi connectivity index (χ3v) is 4.51. The Kier molecular flexibility index (Phi) is 3.82. The molecule has 0 bridgehead atoms. The lowest BCUT2D eigenvalue weighted by Gasteiger charge is -2.19.